The number of sulfonamides is 1. The molecule has 2 aromatic carbocycles. The largest absolute Gasteiger partial charge is 0.497 e. The maximum absolute atomic E-state index is 13.4. The van der Waals surface area contributed by atoms with Crippen LogP contribution in [0.25, 0.3) is 0 Å². The number of carbonyl (C=O) groups is 2. The van der Waals surface area contributed by atoms with Crippen molar-refractivity contribution in [2.45, 2.75) is 45.8 Å². The number of anilines is 1. The second-order valence-corrected chi connectivity index (χ2v) is 9.88. The number of nitrogens with one attached hydrogen (secondary N) is 1. The minimum atomic E-state index is -3.76. The molecule has 33 heavy (non-hydrogen) atoms. The monoisotopic (exact) mass is 475 g/mol. The van der Waals surface area contributed by atoms with E-state index in [0.717, 1.165) is 22.5 Å². The number of amides is 2. The fourth-order valence-corrected chi connectivity index (χ4v) is 4.04. The molecular weight excluding hydrogens is 442 g/mol. The van der Waals surface area contributed by atoms with Crippen LogP contribution in [0.5, 0.6) is 5.75 Å². The van der Waals surface area contributed by atoms with Gasteiger partial charge in [0, 0.05) is 12.6 Å². The SMILES string of the molecule is CC[C@@H](C)NC(=O)[C@@H](C)N(Cc1ccccc1)C(=O)CN(c1ccc(OC)cc1)S(C)(=O)=O. The Hall–Kier alpha value is -3.07. The van der Waals surface area contributed by atoms with Crippen LogP contribution in [0.3, 0.4) is 0 Å². The molecule has 0 saturated heterocycles. The molecule has 0 bridgehead atoms. The lowest BCUT2D eigenvalue weighted by molar-refractivity contribution is -0.139. The van der Waals surface area contributed by atoms with E-state index in [9.17, 15) is 18.0 Å². The Morgan fingerprint density at radius 3 is 2.15 bits per heavy atom. The number of methoxy groups -OCH3 is 1. The van der Waals surface area contributed by atoms with E-state index in [1.807, 2.05) is 44.2 Å². The van der Waals surface area contributed by atoms with Gasteiger partial charge in [0.1, 0.15) is 18.3 Å². The van der Waals surface area contributed by atoms with Gasteiger partial charge in [0.25, 0.3) is 0 Å². The van der Waals surface area contributed by atoms with E-state index in [1.165, 1.54) is 12.0 Å². The van der Waals surface area contributed by atoms with E-state index in [1.54, 1.807) is 31.2 Å². The minimum absolute atomic E-state index is 0.0413. The van der Waals surface area contributed by atoms with Crippen molar-refractivity contribution in [1.29, 1.82) is 0 Å². The van der Waals surface area contributed by atoms with Crippen molar-refractivity contribution in [2.24, 2.45) is 0 Å². The molecule has 9 heteroatoms. The van der Waals surface area contributed by atoms with E-state index in [2.05, 4.69) is 5.32 Å². The maximum Gasteiger partial charge on any atom is 0.244 e. The molecule has 0 aromatic heterocycles. The number of hydrogen-bond donors (Lipinski definition) is 1. The third-order valence-corrected chi connectivity index (χ3v) is 6.54. The van der Waals surface area contributed by atoms with Gasteiger partial charge in [-0.25, -0.2) is 8.42 Å². The topological polar surface area (TPSA) is 96.0 Å². The van der Waals surface area contributed by atoms with Crippen LogP contribution in [0.15, 0.2) is 54.6 Å². The number of carbonyl (C=O) groups excluding carboxylic acids is 2. The number of hydrogen-bond acceptors (Lipinski definition) is 5. The van der Waals surface area contributed by atoms with Gasteiger partial charge in [-0.15, -0.1) is 0 Å². The van der Waals surface area contributed by atoms with Crippen molar-refractivity contribution >= 4 is 27.5 Å². The number of benzene rings is 2. The molecule has 0 saturated carbocycles. The van der Waals surface area contributed by atoms with Crippen molar-refractivity contribution in [3.8, 4) is 5.75 Å². The van der Waals surface area contributed by atoms with E-state index in [0.29, 0.717) is 11.4 Å². The fourth-order valence-electron chi connectivity index (χ4n) is 3.19. The molecule has 0 aliphatic heterocycles. The summed E-state index contributed by atoms with van der Waals surface area (Å²) < 4.78 is 31.2. The summed E-state index contributed by atoms with van der Waals surface area (Å²) in [7, 11) is -2.25. The Morgan fingerprint density at radius 2 is 1.64 bits per heavy atom. The normalized spacial score (nSPS) is 13.0. The molecule has 0 aliphatic carbocycles. The summed E-state index contributed by atoms with van der Waals surface area (Å²) >= 11 is 0. The first-order chi connectivity index (χ1) is 15.6. The highest BCUT2D eigenvalue weighted by Crippen LogP contribution is 2.22. The first kappa shape index (κ1) is 26.2. The molecule has 0 unspecified atom stereocenters. The molecule has 0 spiro atoms. The predicted octanol–water partition coefficient (Wildman–Crippen LogP) is 2.79. The van der Waals surface area contributed by atoms with Gasteiger partial charge in [0.05, 0.1) is 19.1 Å². The third-order valence-electron chi connectivity index (χ3n) is 5.40. The van der Waals surface area contributed by atoms with Crippen LogP contribution in [0.4, 0.5) is 5.69 Å². The quantitative estimate of drug-likeness (QED) is 0.539. The Kier molecular flexibility index (Phi) is 9.28. The number of rotatable bonds is 11. The highest BCUT2D eigenvalue weighted by Gasteiger charge is 2.30. The van der Waals surface area contributed by atoms with Crippen molar-refractivity contribution in [3.63, 3.8) is 0 Å². The Morgan fingerprint density at radius 1 is 1.03 bits per heavy atom. The predicted molar refractivity (Wildman–Crippen MR) is 130 cm³/mol. The molecule has 0 aliphatic rings. The van der Waals surface area contributed by atoms with Crippen molar-refractivity contribution in [1.82, 2.24) is 10.2 Å². The molecule has 180 valence electrons. The smallest absolute Gasteiger partial charge is 0.244 e. The van der Waals surface area contributed by atoms with Gasteiger partial charge in [0.15, 0.2) is 0 Å². The third kappa shape index (κ3) is 7.49. The average molecular weight is 476 g/mol. The van der Waals surface area contributed by atoms with Crippen molar-refractivity contribution < 1.29 is 22.7 Å². The highest BCUT2D eigenvalue weighted by atomic mass is 32.2. The lowest BCUT2D eigenvalue weighted by atomic mass is 10.1. The zero-order valence-electron chi connectivity index (χ0n) is 19.8. The standard InChI is InChI=1S/C24H33N3O5S/c1-6-18(2)25-24(29)19(3)26(16-20-10-8-7-9-11-20)23(28)17-27(33(5,30)31)21-12-14-22(32-4)15-13-21/h7-15,18-19H,6,16-17H2,1-5H3,(H,25,29)/t18-,19-/m1/s1. The first-order valence-corrected chi connectivity index (χ1v) is 12.7. The molecule has 2 aromatic rings. The highest BCUT2D eigenvalue weighted by molar-refractivity contribution is 7.92. The minimum Gasteiger partial charge on any atom is -0.497 e. The van der Waals surface area contributed by atoms with E-state index >= 15 is 0 Å². The van der Waals surface area contributed by atoms with Gasteiger partial charge in [-0.2, -0.15) is 0 Å². The number of ether oxygens (including phenoxy) is 1. The van der Waals surface area contributed by atoms with Crippen LogP contribution in [0, 0.1) is 0 Å². The van der Waals surface area contributed by atoms with Crippen molar-refractivity contribution in [2.75, 3.05) is 24.2 Å². The lowest BCUT2D eigenvalue weighted by Gasteiger charge is -2.32. The molecule has 2 rings (SSSR count). The Bertz CT molecular complexity index is 1030. The summed E-state index contributed by atoms with van der Waals surface area (Å²) in [4.78, 5) is 27.6. The fraction of sp³-hybridized carbons (Fsp3) is 0.417. The maximum atomic E-state index is 13.4. The van der Waals surface area contributed by atoms with Crippen molar-refractivity contribution in [3.05, 3.63) is 60.2 Å². The molecule has 1 N–H and O–H groups in total. The summed E-state index contributed by atoms with van der Waals surface area (Å²) in [6.07, 6.45) is 1.80. The number of nitrogens with zero attached hydrogens (tertiary/aromatic N) is 2. The van der Waals surface area contributed by atoms with E-state index < -0.39 is 28.5 Å². The summed E-state index contributed by atoms with van der Waals surface area (Å²) in [6.45, 7) is 5.25. The van der Waals surface area contributed by atoms with E-state index in [-0.39, 0.29) is 18.5 Å². The van der Waals surface area contributed by atoms with E-state index in [4.69, 9.17) is 4.74 Å². The first-order valence-electron chi connectivity index (χ1n) is 10.8. The zero-order valence-corrected chi connectivity index (χ0v) is 20.6. The average Bonchev–Trinajstić information content (AvgIpc) is 2.80. The lowest BCUT2D eigenvalue weighted by Crippen LogP contribution is -2.52. The molecule has 0 heterocycles. The van der Waals surface area contributed by atoms with Gasteiger partial charge in [-0.1, -0.05) is 37.3 Å². The molecule has 0 fully saturated rings. The van der Waals surface area contributed by atoms with Crippen LogP contribution in [-0.4, -0.2) is 57.1 Å². The Labute approximate surface area is 196 Å². The molecular formula is C24H33N3O5S. The molecule has 2 atom stereocenters. The molecule has 8 nitrogen and oxygen atoms in total. The van der Waals surface area contributed by atoms with Crippen LogP contribution < -0.4 is 14.4 Å². The van der Waals surface area contributed by atoms with Gasteiger partial charge < -0.3 is 15.0 Å². The van der Waals surface area contributed by atoms with Crippen LogP contribution in [-0.2, 0) is 26.2 Å². The zero-order chi connectivity index (χ0) is 24.6. The van der Waals surface area contributed by atoms with Crippen LogP contribution in [0.2, 0.25) is 0 Å². The molecule has 0 radical (unpaired) electrons. The molecule has 2 amide bonds. The second kappa shape index (κ2) is 11.7. The van der Waals surface area contributed by atoms with Gasteiger partial charge in [0.2, 0.25) is 21.8 Å². The van der Waals surface area contributed by atoms with Gasteiger partial charge >= 0.3 is 0 Å². The summed E-state index contributed by atoms with van der Waals surface area (Å²) in [6, 6.07) is 14.9. The van der Waals surface area contributed by atoms with Gasteiger partial charge in [-0.05, 0) is 50.1 Å². The summed E-state index contributed by atoms with van der Waals surface area (Å²) in [5, 5.41) is 2.90. The second-order valence-electron chi connectivity index (χ2n) is 7.97. The summed E-state index contributed by atoms with van der Waals surface area (Å²) in [5.74, 6) is -0.199. The Balaban J connectivity index is 2.34. The van der Waals surface area contributed by atoms with Crippen LogP contribution in [0.1, 0.15) is 32.8 Å². The van der Waals surface area contributed by atoms with Gasteiger partial charge in [-0.3, -0.25) is 13.9 Å². The summed E-state index contributed by atoms with van der Waals surface area (Å²) in [5.41, 5.74) is 1.17. The van der Waals surface area contributed by atoms with Crippen LogP contribution >= 0.6 is 0 Å².